The molecule has 0 aliphatic heterocycles. The monoisotopic (exact) mass is 661 g/mol. The molecule has 0 spiro atoms. The van der Waals surface area contributed by atoms with E-state index in [1.165, 1.54) is 89.9 Å². The lowest BCUT2D eigenvalue weighted by molar-refractivity contribution is -0.166. The summed E-state index contributed by atoms with van der Waals surface area (Å²) >= 11 is 0. The predicted molar refractivity (Wildman–Crippen MR) is 196 cm³/mol. The van der Waals surface area contributed by atoms with Gasteiger partial charge in [0.1, 0.15) is 13.2 Å². The van der Waals surface area contributed by atoms with Crippen LogP contribution in [0, 0.1) is 0 Å². The molecule has 6 nitrogen and oxygen atoms in total. The van der Waals surface area contributed by atoms with Crippen molar-refractivity contribution in [2.75, 3.05) is 13.2 Å². The van der Waals surface area contributed by atoms with E-state index in [0.29, 0.717) is 12.8 Å². The van der Waals surface area contributed by atoms with Gasteiger partial charge >= 0.3 is 17.9 Å². The summed E-state index contributed by atoms with van der Waals surface area (Å²) < 4.78 is 16.4. The molecular weight excluding hydrogens is 588 g/mol. The third-order valence-electron chi connectivity index (χ3n) is 8.19. The van der Waals surface area contributed by atoms with E-state index in [9.17, 15) is 14.4 Å². The Morgan fingerprint density at radius 1 is 0.447 bits per heavy atom. The van der Waals surface area contributed by atoms with Gasteiger partial charge in [0.25, 0.3) is 0 Å². The minimum atomic E-state index is -0.811. The van der Waals surface area contributed by atoms with E-state index in [2.05, 4.69) is 45.1 Å². The lowest BCUT2D eigenvalue weighted by atomic mass is 10.1. The zero-order valence-corrected chi connectivity index (χ0v) is 30.8. The summed E-state index contributed by atoms with van der Waals surface area (Å²) in [4.78, 5) is 37.3. The molecule has 0 aromatic carbocycles. The van der Waals surface area contributed by atoms with Gasteiger partial charge in [0, 0.05) is 12.8 Å². The van der Waals surface area contributed by atoms with Crippen molar-refractivity contribution >= 4 is 17.9 Å². The maximum atomic E-state index is 12.5. The van der Waals surface area contributed by atoms with Crippen LogP contribution in [0.15, 0.2) is 36.5 Å². The number of carbonyl (C=O) groups is 3. The zero-order chi connectivity index (χ0) is 34.5. The number of hydrogen-bond donors (Lipinski definition) is 0. The topological polar surface area (TPSA) is 78.9 Å². The maximum Gasteiger partial charge on any atom is 0.310 e. The second kappa shape index (κ2) is 36.5. The first kappa shape index (κ1) is 44.6. The number of hydrogen-bond acceptors (Lipinski definition) is 6. The molecule has 0 aliphatic carbocycles. The highest BCUT2D eigenvalue weighted by molar-refractivity contribution is 5.72. The average molecular weight is 661 g/mol. The van der Waals surface area contributed by atoms with Crippen molar-refractivity contribution in [1.82, 2.24) is 0 Å². The normalized spacial score (nSPS) is 12.3. The molecule has 0 aromatic rings. The van der Waals surface area contributed by atoms with Gasteiger partial charge in [-0.05, 0) is 32.1 Å². The number of carbonyl (C=O) groups excluding carboxylic acids is 3. The number of esters is 3. The van der Waals surface area contributed by atoms with Crippen molar-refractivity contribution < 1.29 is 28.6 Å². The molecule has 0 saturated carbocycles. The van der Waals surface area contributed by atoms with Crippen LogP contribution in [0.4, 0.5) is 0 Å². The Kier molecular flexibility index (Phi) is 34.6. The van der Waals surface area contributed by atoms with Crippen LogP contribution in [0.5, 0.6) is 0 Å². The van der Waals surface area contributed by atoms with Gasteiger partial charge < -0.3 is 14.2 Å². The molecular formula is C41H72O6. The van der Waals surface area contributed by atoms with Gasteiger partial charge in [-0.15, -0.1) is 0 Å². The molecule has 6 heteroatoms. The van der Waals surface area contributed by atoms with Crippen LogP contribution < -0.4 is 0 Å². The summed E-state index contributed by atoms with van der Waals surface area (Å²) in [6, 6.07) is 0. The fraction of sp³-hybridized carbons (Fsp3) is 0.780. The minimum Gasteiger partial charge on any atom is -0.462 e. The highest BCUT2D eigenvalue weighted by Crippen LogP contribution is 2.13. The number of allylic oxidation sites excluding steroid dienone is 5. The first-order valence-corrected chi connectivity index (χ1v) is 19.5. The molecule has 1 atom stereocenters. The molecule has 0 heterocycles. The third kappa shape index (κ3) is 34.8. The molecule has 0 aliphatic rings. The smallest absolute Gasteiger partial charge is 0.310 e. The second-order valence-electron chi connectivity index (χ2n) is 12.8. The standard InChI is InChI=1S/C41H72O6/c1-4-7-10-13-16-19-20-23-25-28-31-34-40(43)46-37-38(47-41(44)35-32-29-26-22-18-15-12-9-6-3)36-45-39(42)33-30-27-24-21-17-14-11-8-5-2/h9,12,18,22,29,32,38H,4-8,10-11,13-17,19-21,23-28,30-31,33-37H2,1-3H3/b12-9-,22-18-,32-29-. The van der Waals surface area contributed by atoms with Crippen molar-refractivity contribution in [2.24, 2.45) is 0 Å². The van der Waals surface area contributed by atoms with Crippen LogP contribution in [0.1, 0.15) is 188 Å². The number of rotatable bonds is 34. The lowest BCUT2D eigenvalue weighted by Gasteiger charge is -2.18. The summed E-state index contributed by atoms with van der Waals surface area (Å²) in [5.41, 5.74) is 0. The summed E-state index contributed by atoms with van der Waals surface area (Å²) in [5, 5.41) is 0. The molecule has 1 unspecified atom stereocenters. The zero-order valence-electron chi connectivity index (χ0n) is 30.8. The summed E-state index contributed by atoms with van der Waals surface area (Å²) in [7, 11) is 0. The molecule has 0 aromatic heterocycles. The molecule has 272 valence electrons. The molecule has 0 N–H and O–H groups in total. The van der Waals surface area contributed by atoms with E-state index in [-0.39, 0.29) is 31.6 Å². The average Bonchev–Trinajstić information content (AvgIpc) is 3.06. The highest BCUT2D eigenvalue weighted by Gasteiger charge is 2.19. The van der Waals surface area contributed by atoms with Gasteiger partial charge in [-0.2, -0.15) is 0 Å². The van der Waals surface area contributed by atoms with E-state index >= 15 is 0 Å². The van der Waals surface area contributed by atoms with Gasteiger partial charge in [-0.1, -0.05) is 173 Å². The summed E-state index contributed by atoms with van der Waals surface area (Å²) in [5.74, 6) is -1.04. The quantitative estimate of drug-likeness (QED) is 0.0296. The van der Waals surface area contributed by atoms with E-state index < -0.39 is 12.1 Å². The summed E-state index contributed by atoms with van der Waals surface area (Å²) in [6.07, 6.45) is 38.8. The fourth-order valence-corrected chi connectivity index (χ4v) is 5.27. The van der Waals surface area contributed by atoms with Crippen LogP contribution in [0.2, 0.25) is 0 Å². The third-order valence-corrected chi connectivity index (χ3v) is 8.19. The van der Waals surface area contributed by atoms with Crippen LogP contribution in [-0.4, -0.2) is 37.2 Å². The maximum absolute atomic E-state index is 12.5. The van der Waals surface area contributed by atoms with Crippen LogP contribution in [0.25, 0.3) is 0 Å². The van der Waals surface area contributed by atoms with Gasteiger partial charge in [0.05, 0.1) is 6.42 Å². The van der Waals surface area contributed by atoms with E-state index in [4.69, 9.17) is 14.2 Å². The van der Waals surface area contributed by atoms with E-state index in [1.54, 1.807) is 6.08 Å². The summed E-state index contributed by atoms with van der Waals surface area (Å²) in [6.45, 7) is 6.37. The van der Waals surface area contributed by atoms with Crippen LogP contribution in [-0.2, 0) is 28.6 Å². The Bertz CT molecular complexity index is 815. The predicted octanol–water partition coefficient (Wildman–Crippen LogP) is 11.9. The second-order valence-corrected chi connectivity index (χ2v) is 12.8. The molecule has 0 radical (unpaired) electrons. The van der Waals surface area contributed by atoms with Gasteiger partial charge in [0.15, 0.2) is 6.10 Å². The molecule has 0 rings (SSSR count). The van der Waals surface area contributed by atoms with Gasteiger partial charge in [0.2, 0.25) is 0 Å². The van der Waals surface area contributed by atoms with Crippen molar-refractivity contribution in [3.05, 3.63) is 36.5 Å². The fourth-order valence-electron chi connectivity index (χ4n) is 5.27. The lowest BCUT2D eigenvalue weighted by Crippen LogP contribution is -2.30. The molecule has 0 fully saturated rings. The van der Waals surface area contributed by atoms with Crippen molar-refractivity contribution in [3.8, 4) is 0 Å². The Labute approximate surface area is 289 Å². The van der Waals surface area contributed by atoms with Crippen molar-refractivity contribution in [1.29, 1.82) is 0 Å². The number of ether oxygens (including phenoxy) is 3. The van der Waals surface area contributed by atoms with E-state index in [1.807, 2.05) is 6.08 Å². The van der Waals surface area contributed by atoms with Crippen LogP contribution >= 0.6 is 0 Å². The van der Waals surface area contributed by atoms with Crippen molar-refractivity contribution in [2.45, 2.75) is 194 Å². The largest absolute Gasteiger partial charge is 0.462 e. The van der Waals surface area contributed by atoms with Crippen LogP contribution in [0.3, 0.4) is 0 Å². The Hall–Kier alpha value is -2.37. The van der Waals surface area contributed by atoms with E-state index in [0.717, 1.165) is 57.8 Å². The highest BCUT2D eigenvalue weighted by atomic mass is 16.6. The molecule has 0 amide bonds. The number of unbranched alkanes of at least 4 members (excludes halogenated alkanes) is 18. The molecule has 0 bridgehead atoms. The minimum absolute atomic E-state index is 0.106. The Morgan fingerprint density at radius 3 is 1.21 bits per heavy atom. The Balaban J connectivity index is 4.44. The SMILES string of the molecule is CC/C=C\C/C=C\C/C=C\CC(=O)OC(COC(=O)CCCCCCCCCCC)COC(=O)CCCCCCCCCCCCC. The van der Waals surface area contributed by atoms with Gasteiger partial charge in [-0.3, -0.25) is 14.4 Å². The first-order chi connectivity index (χ1) is 23.0. The van der Waals surface area contributed by atoms with Gasteiger partial charge in [-0.25, -0.2) is 0 Å². The molecule has 47 heavy (non-hydrogen) atoms. The van der Waals surface area contributed by atoms with Crippen molar-refractivity contribution in [3.63, 3.8) is 0 Å². The first-order valence-electron chi connectivity index (χ1n) is 19.5. The Morgan fingerprint density at radius 2 is 0.809 bits per heavy atom. The molecule has 0 saturated heterocycles.